The summed E-state index contributed by atoms with van der Waals surface area (Å²) in [6.45, 7) is 3.38. The smallest absolute Gasteiger partial charge is 0.213 e. The van der Waals surface area contributed by atoms with Crippen LogP contribution in [0.4, 0.5) is 0 Å². The van der Waals surface area contributed by atoms with Crippen LogP contribution < -0.4 is 4.74 Å². The van der Waals surface area contributed by atoms with Crippen molar-refractivity contribution in [3.8, 4) is 5.88 Å². The zero-order valence-corrected chi connectivity index (χ0v) is 11.5. The zero-order valence-electron chi connectivity index (χ0n) is 9.93. The highest BCUT2D eigenvalue weighted by atomic mass is 79.9. The van der Waals surface area contributed by atoms with Crippen molar-refractivity contribution >= 4 is 15.9 Å². The van der Waals surface area contributed by atoms with E-state index >= 15 is 0 Å². The van der Waals surface area contributed by atoms with Gasteiger partial charge in [-0.3, -0.25) is 4.90 Å². The summed E-state index contributed by atoms with van der Waals surface area (Å²) in [6.07, 6.45) is 0. The van der Waals surface area contributed by atoms with Crippen LogP contribution in [-0.4, -0.2) is 48.1 Å². The summed E-state index contributed by atoms with van der Waals surface area (Å²) in [5.74, 6) is 0.672. The number of aromatic nitrogens is 1. The maximum atomic E-state index is 5.47. The SMILES string of the molecule is COc1cccc(CN2CCOCC2CBr)n1. The average Bonchev–Trinajstić information content (AvgIpc) is 2.39. The molecule has 1 aromatic heterocycles. The van der Waals surface area contributed by atoms with E-state index < -0.39 is 0 Å². The second-order valence-corrected chi connectivity index (χ2v) is 4.67. The van der Waals surface area contributed by atoms with E-state index in [4.69, 9.17) is 9.47 Å². The lowest BCUT2D eigenvalue weighted by atomic mass is 10.2. The molecule has 0 N–H and O–H groups in total. The number of methoxy groups -OCH3 is 1. The van der Waals surface area contributed by atoms with Crippen molar-refractivity contribution in [1.29, 1.82) is 0 Å². The first-order chi connectivity index (χ1) is 8.33. The summed E-state index contributed by atoms with van der Waals surface area (Å²) >= 11 is 3.53. The number of halogens is 1. The molecule has 2 rings (SSSR count). The number of alkyl halides is 1. The zero-order chi connectivity index (χ0) is 12.1. The Bertz CT molecular complexity index is 362. The van der Waals surface area contributed by atoms with Gasteiger partial charge >= 0.3 is 0 Å². The van der Waals surface area contributed by atoms with E-state index in [2.05, 4.69) is 25.8 Å². The second kappa shape index (κ2) is 6.33. The Morgan fingerprint density at radius 3 is 3.24 bits per heavy atom. The molecule has 1 aliphatic rings. The predicted molar refractivity (Wildman–Crippen MR) is 69.6 cm³/mol. The van der Waals surface area contributed by atoms with Crippen LogP contribution in [0.15, 0.2) is 18.2 Å². The maximum absolute atomic E-state index is 5.47. The Morgan fingerprint density at radius 2 is 2.47 bits per heavy atom. The molecule has 1 aromatic rings. The molecule has 0 aliphatic carbocycles. The lowest BCUT2D eigenvalue weighted by Crippen LogP contribution is -2.45. The number of pyridine rings is 1. The summed E-state index contributed by atoms with van der Waals surface area (Å²) < 4.78 is 10.6. The fourth-order valence-corrected chi connectivity index (χ4v) is 2.50. The number of ether oxygens (including phenoxy) is 2. The standard InChI is InChI=1S/C12H17BrN2O2/c1-16-12-4-2-3-10(14-12)8-15-5-6-17-9-11(15)7-13/h2-4,11H,5-9H2,1H3. The van der Waals surface area contributed by atoms with E-state index in [1.807, 2.05) is 18.2 Å². The highest BCUT2D eigenvalue weighted by Gasteiger charge is 2.22. The van der Waals surface area contributed by atoms with Crippen LogP contribution >= 0.6 is 15.9 Å². The topological polar surface area (TPSA) is 34.6 Å². The molecule has 0 radical (unpaired) electrons. The van der Waals surface area contributed by atoms with Gasteiger partial charge in [-0.2, -0.15) is 0 Å². The second-order valence-electron chi connectivity index (χ2n) is 4.02. The third-order valence-electron chi connectivity index (χ3n) is 2.88. The third kappa shape index (κ3) is 3.40. The Morgan fingerprint density at radius 1 is 1.59 bits per heavy atom. The van der Waals surface area contributed by atoms with Crippen LogP contribution in [-0.2, 0) is 11.3 Å². The molecule has 0 saturated carbocycles. The molecule has 1 unspecified atom stereocenters. The van der Waals surface area contributed by atoms with Gasteiger partial charge in [-0.05, 0) is 6.07 Å². The summed E-state index contributed by atoms with van der Waals surface area (Å²) in [4.78, 5) is 6.82. The van der Waals surface area contributed by atoms with Gasteiger partial charge in [0.1, 0.15) is 0 Å². The molecule has 0 bridgehead atoms. The van der Waals surface area contributed by atoms with E-state index in [9.17, 15) is 0 Å². The normalized spacial score (nSPS) is 21.4. The van der Waals surface area contributed by atoms with E-state index in [-0.39, 0.29) is 0 Å². The molecule has 1 aliphatic heterocycles. The lowest BCUT2D eigenvalue weighted by Gasteiger charge is -2.34. The quantitative estimate of drug-likeness (QED) is 0.793. The summed E-state index contributed by atoms with van der Waals surface area (Å²) in [7, 11) is 1.64. The number of hydrogen-bond acceptors (Lipinski definition) is 4. The van der Waals surface area contributed by atoms with Gasteiger partial charge in [-0.25, -0.2) is 4.98 Å². The number of rotatable bonds is 4. The minimum atomic E-state index is 0.428. The third-order valence-corrected chi connectivity index (χ3v) is 3.63. The molecular formula is C12H17BrN2O2. The van der Waals surface area contributed by atoms with Gasteiger partial charge in [0.15, 0.2) is 0 Å². The van der Waals surface area contributed by atoms with Crippen LogP contribution in [0.3, 0.4) is 0 Å². The minimum Gasteiger partial charge on any atom is -0.481 e. The monoisotopic (exact) mass is 300 g/mol. The van der Waals surface area contributed by atoms with Gasteiger partial charge in [0, 0.05) is 30.5 Å². The largest absolute Gasteiger partial charge is 0.481 e. The Labute approximate surface area is 110 Å². The van der Waals surface area contributed by atoms with Crippen molar-refractivity contribution in [3.05, 3.63) is 23.9 Å². The molecule has 0 aromatic carbocycles. The highest BCUT2D eigenvalue weighted by molar-refractivity contribution is 9.09. The molecule has 0 amide bonds. The van der Waals surface area contributed by atoms with Gasteiger partial charge in [0.2, 0.25) is 5.88 Å². The molecule has 94 valence electrons. The molecule has 5 heteroatoms. The maximum Gasteiger partial charge on any atom is 0.213 e. The van der Waals surface area contributed by atoms with Gasteiger partial charge in [-0.1, -0.05) is 22.0 Å². The van der Waals surface area contributed by atoms with E-state index in [1.54, 1.807) is 7.11 Å². The van der Waals surface area contributed by atoms with Crippen LogP contribution in [0.5, 0.6) is 5.88 Å². The van der Waals surface area contributed by atoms with Crippen molar-refractivity contribution in [2.75, 3.05) is 32.2 Å². The molecule has 1 saturated heterocycles. The van der Waals surface area contributed by atoms with Crippen LogP contribution in [0.1, 0.15) is 5.69 Å². The van der Waals surface area contributed by atoms with Gasteiger partial charge in [0.05, 0.1) is 26.0 Å². The average molecular weight is 301 g/mol. The van der Waals surface area contributed by atoms with Crippen LogP contribution in [0.25, 0.3) is 0 Å². The molecule has 1 atom stereocenters. The van der Waals surface area contributed by atoms with Crippen molar-refractivity contribution < 1.29 is 9.47 Å². The first-order valence-corrected chi connectivity index (χ1v) is 6.83. The Balaban J connectivity index is 2.02. The molecular weight excluding hydrogens is 284 g/mol. The first-order valence-electron chi connectivity index (χ1n) is 5.71. The summed E-state index contributed by atoms with van der Waals surface area (Å²) in [5.41, 5.74) is 1.04. The molecule has 0 spiro atoms. The molecule has 17 heavy (non-hydrogen) atoms. The fourth-order valence-electron chi connectivity index (χ4n) is 1.91. The van der Waals surface area contributed by atoms with Crippen LogP contribution in [0.2, 0.25) is 0 Å². The van der Waals surface area contributed by atoms with E-state index in [0.29, 0.717) is 11.9 Å². The van der Waals surface area contributed by atoms with E-state index in [0.717, 1.165) is 37.3 Å². The summed E-state index contributed by atoms with van der Waals surface area (Å²) in [5, 5.41) is 0.928. The van der Waals surface area contributed by atoms with Gasteiger partial charge < -0.3 is 9.47 Å². The van der Waals surface area contributed by atoms with Crippen molar-refractivity contribution in [3.63, 3.8) is 0 Å². The number of nitrogens with zero attached hydrogens (tertiary/aromatic N) is 2. The van der Waals surface area contributed by atoms with Crippen molar-refractivity contribution in [1.82, 2.24) is 9.88 Å². The first kappa shape index (κ1) is 12.8. The lowest BCUT2D eigenvalue weighted by molar-refractivity contribution is -0.00271. The molecule has 4 nitrogen and oxygen atoms in total. The van der Waals surface area contributed by atoms with Gasteiger partial charge in [0.25, 0.3) is 0 Å². The predicted octanol–water partition coefficient (Wildman–Crippen LogP) is 1.69. The minimum absolute atomic E-state index is 0.428. The fraction of sp³-hybridized carbons (Fsp3) is 0.583. The molecule has 2 heterocycles. The summed E-state index contributed by atoms with van der Waals surface area (Å²) in [6, 6.07) is 6.30. The van der Waals surface area contributed by atoms with Gasteiger partial charge in [-0.15, -0.1) is 0 Å². The van der Waals surface area contributed by atoms with Crippen molar-refractivity contribution in [2.24, 2.45) is 0 Å². The Kier molecular flexibility index (Phi) is 4.76. The number of morpholine rings is 1. The van der Waals surface area contributed by atoms with Crippen molar-refractivity contribution in [2.45, 2.75) is 12.6 Å². The Hall–Kier alpha value is -0.650. The van der Waals surface area contributed by atoms with E-state index in [1.165, 1.54) is 0 Å². The number of hydrogen-bond donors (Lipinski definition) is 0. The highest BCUT2D eigenvalue weighted by Crippen LogP contribution is 2.14. The molecule has 1 fully saturated rings. The van der Waals surface area contributed by atoms with Crippen LogP contribution in [0, 0.1) is 0 Å².